The van der Waals surface area contributed by atoms with Crippen LogP contribution in [-0.2, 0) is 11.2 Å². The Morgan fingerprint density at radius 1 is 0.933 bits per heavy atom. The number of carbonyl (C=O) groups excluding carboxylic acids is 1. The van der Waals surface area contributed by atoms with Gasteiger partial charge in [0, 0.05) is 29.9 Å². The van der Waals surface area contributed by atoms with Crippen molar-refractivity contribution in [2.24, 2.45) is 0 Å². The monoisotopic (exact) mass is 399 g/mol. The van der Waals surface area contributed by atoms with E-state index in [9.17, 15) is 4.79 Å². The standard InChI is InChI=1S/C25H25N3O2/c1-16-8-10-22-21(13-16)24(20-9-7-17(2)14-23(20)28-22)27-19-6-4-5-18(15-19)11-12-30-25(29)26-3/h4-10,13-15H,11-12H2,1-3H3,(H,26,29)(H,27,28). The highest BCUT2D eigenvalue weighted by Crippen LogP contribution is 2.34. The zero-order valence-corrected chi connectivity index (χ0v) is 17.5. The van der Waals surface area contributed by atoms with Crippen molar-refractivity contribution in [2.75, 3.05) is 19.0 Å². The lowest BCUT2D eigenvalue weighted by molar-refractivity contribution is 0.150. The Balaban J connectivity index is 1.71. The molecule has 0 saturated heterocycles. The van der Waals surface area contributed by atoms with E-state index in [1.807, 2.05) is 18.2 Å². The number of nitrogens with zero attached hydrogens (tertiary/aromatic N) is 1. The molecule has 2 N–H and O–H groups in total. The Bertz CT molecular complexity index is 1230. The van der Waals surface area contributed by atoms with E-state index in [4.69, 9.17) is 9.72 Å². The number of aryl methyl sites for hydroxylation is 2. The minimum absolute atomic E-state index is 0.336. The lowest BCUT2D eigenvalue weighted by atomic mass is 10.0. The Hall–Kier alpha value is -3.60. The first kappa shape index (κ1) is 19.7. The van der Waals surface area contributed by atoms with Gasteiger partial charge in [0.15, 0.2) is 0 Å². The van der Waals surface area contributed by atoms with E-state index in [1.165, 1.54) is 11.1 Å². The van der Waals surface area contributed by atoms with Crippen molar-refractivity contribution in [1.29, 1.82) is 0 Å². The summed E-state index contributed by atoms with van der Waals surface area (Å²) in [6.07, 6.45) is 0.240. The van der Waals surface area contributed by atoms with Gasteiger partial charge in [-0.3, -0.25) is 0 Å². The van der Waals surface area contributed by atoms with Crippen LogP contribution in [0.4, 0.5) is 16.2 Å². The molecule has 0 spiro atoms. The molecule has 5 nitrogen and oxygen atoms in total. The third kappa shape index (κ3) is 4.20. The van der Waals surface area contributed by atoms with Crippen molar-refractivity contribution in [2.45, 2.75) is 20.3 Å². The molecule has 4 rings (SSSR count). The maximum absolute atomic E-state index is 11.3. The zero-order chi connectivity index (χ0) is 21.1. The van der Waals surface area contributed by atoms with Gasteiger partial charge < -0.3 is 15.4 Å². The summed E-state index contributed by atoms with van der Waals surface area (Å²) >= 11 is 0. The average Bonchev–Trinajstić information content (AvgIpc) is 2.74. The Kier molecular flexibility index (Phi) is 5.53. The summed E-state index contributed by atoms with van der Waals surface area (Å²) in [6, 6.07) is 20.9. The molecule has 0 fully saturated rings. The predicted octanol–water partition coefficient (Wildman–Crippen LogP) is 5.65. The van der Waals surface area contributed by atoms with Crippen molar-refractivity contribution in [1.82, 2.24) is 10.3 Å². The predicted molar refractivity (Wildman–Crippen MR) is 123 cm³/mol. The summed E-state index contributed by atoms with van der Waals surface area (Å²) in [5.41, 5.74) is 7.46. The van der Waals surface area contributed by atoms with Crippen LogP contribution in [0.3, 0.4) is 0 Å². The molecule has 0 saturated carbocycles. The third-order valence-electron chi connectivity index (χ3n) is 5.11. The van der Waals surface area contributed by atoms with Crippen LogP contribution in [0.1, 0.15) is 16.7 Å². The molecule has 5 heteroatoms. The molecule has 0 bridgehead atoms. The van der Waals surface area contributed by atoms with E-state index in [0.29, 0.717) is 13.0 Å². The number of rotatable bonds is 5. The van der Waals surface area contributed by atoms with Crippen molar-refractivity contribution in [3.05, 3.63) is 77.4 Å². The van der Waals surface area contributed by atoms with Gasteiger partial charge in [0.1, 0.15) is 0 Å². The minimum atomic E-state index is -0.412. The molecule has 0 atom stereocenters. The number of amides is 1. The van der Waals surface area contributed by atoms with Gasteiger partial charge in [0.25, 0.3) is 0 Å². The lowest BCUT2D eigenvalue weighted by Crippen LogP contribution is -2.20. The summed E-state index contributed by atoms with van der Waals surface area (Å²) < 4.78 is 5.11. The highest BCUT2D eigenvalue weighted by atomic mass is 16.5. The quantitative estimate of drug-likeness (QED) is 0.426. The summed E-state index contributed by atoms with van der Waals surface area (Å²) in [5, 5.41) is 8.27. The number of fused-ring (bicyclic) bond motifs is 2. The lowest BCUT2D eigenvalue weighted by Gasteiger charge is -2.15. The molecule has 0 aliphatic heterocycles. The van der Waals surface area contributed by atoms with E-state index in [0.717, 1.165) is 38.7 Å². The van der Waals surface area contributed by atoms with Gasteiger partial charge in [0.2, 0.25) is 0 Å². The molecule has 152 valence electrons. The maximum atomic E-state index is 11.3. The molecular formula is C25H25N3O2. The highest BCUT2D eigenvalue weighted by Gasteiger charge is 2.11. The number of benzene rings is 3. The number of alkyl carbamates (subject to hydrolysis) is 1. The number of hydrogen-bond acceptors (Lipinski definition) is 4. The molecule has 0 radical (unpaired) electrons. The van der Waals surface area contributed by atoms with Gasteiger partial charge >= 0.3 is 6.09 Å². The van der Waals surface area contributed by atoms with Gasteiger partial charge in [-0.15, -0.1) is 0 Å². The molecular weight excluding hydrogens is 374 g/mol. The van der Waals surface area contributed by atoms with Crippen LogP contribution in [0.5, 0.6) is 0 Å². The fraction of sp³-hybridized carbons (Fsp3) is 0.200. The highest BCUT2D eigenvalue weighted by molar-refractivity contribution is 6.09. The largest absolute Gasteiger partial charge is 0.449 e. The van der Waals surface area contributed by atoms with Gasteiger partial charge in [-0.2, -0.15) is 0 Å². The number of aromatic nitrogens is 1. The second-order valence-electron chi connectivity index (χ2n) is 7.49. The Morgan fingerprint density at radius 3 is 2.57 bits per heavy atom. The molecule has 30 heavy (non-hydrogen) atoms. The summed E-state index contributed by atoms with van der Waals surface area (Å²) in [6.45, 7) is 4.51. The van der Waals surface area contributed by atoms with Crippen LogP contribution in [0, 0.1) is 13.8 Å². The Morgan fingerprint density at radius 2 is 1.73 bits per heavy atom. The molecule has 1 heterocycles. The third-order valence-corrected chi connectivity index (χ3v) is 5.11. The fourth-order valence-electron chi connectivity index (χ4n) is 3.59. The molecule has 3 aromatic carbocycles. The average molecular weight is 399 g/mol. The molecule has 4 aromatic rings. The molecule has 0 aliphatic rings. The first-order chi connectivity index (χ1) is 14.5. The van der Waals surface area contributed by atoms with Gasteiger partial charge in [-0.25, -0.2) is 9.78 Å². The molecule has 1 aromatic heterocycles. The number of pyridine rings is 1. The van der Waals surface area contributed by atoms with Crippen LogP contribution in [0.2, 0.25) is 0 Å². The first-order valence-corrected chi connectivity index (χ1v) is 10.0. The summed E-state index contributed by atoms with van der Waals surface area (Å²) in [4.78, 5) is 16.1. The van der Waals surface area contributed by atoms with Crippen LogP contribution in [0.25, 0.3) is 21.8 Å². The van der Waals surface area contributed by atoms with E-state index in [2.05, 4.69) is 66.9 Å². The Labute approximate surface area is 176 Å². The minimum Gasteiger partial charge on any atom is -0.449 e. The zero-order valence-electron chi connectivity index (χ0n) is 17.5. The van der Waals surface area contributed by atoms with Crippen LogP contribution in [0.15, 0.2) is 60.7 Å². The van der Waals surface area contributed by atoms with E-state index >= 15 is 0 Å². The first-order valence-electron chi connectivity index (χ1n) is 10.0. The number of hydrogen-bond donors (Lipinski definition) is 2. The number of anilines is 2. The van der Waals surface area contributed by atoms with Crippen LogP contribution < -0.4 is 10.6 Å². The maximum Gasteiger partial charge on any atom is 0.406 e. The molecule has 1 amide bonds. The van der Waals surface area contributed by atoms with Crippen LogP contribution in [-0.4, -0.2) is 24.7 Å². The number of carbonyl (C=O) groups is 1. The van der Waals surface area contributed by atoms with Gasteiger partial charge in [0.05, 0.1) is 23.3 Å². The second kappa shape index (κ2) is 8.41. The second-order valence-corrected chi connectivity index (χ2v) is 7.49. The molecule has 0 aliphatic carbocycles. The topological polar surface area (TPSA) is 63.2 Å². The van der Waals surface area contributed by atoms with Gasteiger partial charge in [-0.1, -0.05) is 35.9 Å². The van der Waals surface area contributed by atoms with Gasteiger partial charge in [-0.05, 0) is 55.3 Å². The fourth-order valence-corrected chi connectivity index (χ4v) is 3.59. The van der Waals surface area contributed by atoms with Crippen molar-refractivity contribution >= 4 is 39.3 Å². The molecule has 0 unspecified atom stereocenters. The normalized spacial score (nSPS) is 10.9. The smallest absolute Gasteiger partial charge is 0.406 e. The van der Waals surface area contributed by atoms with Crippen LogP contribution >= 0.6 is 0 Å². The SMILES string of the molecule is CNC(=O)OCCc1cccc(Nc2c3ccc(C)cc3nc3ccc(C)cc23)c1. The van der Waals surface area contributed by atoms with E-state index < -0.39 is 6.09 Å². The van der Waals surface area contributed by atoms with Crippen molar-refractivity contribution < 1.29 is 9.53 Å². The van der Waals surface area contributed by atoms with Crippen molar-refractivity contribution in [3.8, 4) is 0 Å². The summed E-state index contributed by atoms with van der Waals surface area (Å²) in [7, 11) is 1.56. The number of nitrogens with one attached hydrogen (secondary N) is 2. The van der Waals surface area contributed by atoms with E-state index in [1.54, 1.807) is 7.05 Å². The summed E-state index contributed by atoms with van der Waals surface area (Å²) in [5.74, 6) is 0. The van der Waals surface area contributed by atoms with Crippen molar-refractivity contribution in [3.63, 3.8) is 0 Å². The number of ether oxygens (including phenoxy) is 1. The van der Waals surface area contributed by atoms with E-state index in [-0.39, 0.29) is 0 Å².